The minimum Gasteiger partial charge on any atom is -0.544 e. The van der Waals surface area contributed by atoms with Crippen LogP contribution in [0.2, 0.25) is 36.3 Å². The van der Waals surface area contributed by atoms with Gasteiger partial charge < -0.3 is 13.6 Å². The zero-order chi connectivity index (χ0) is 27.3. The van der Waals surface area contributed by atoms with Crippen molar-refractivity contribution in [2.75, 3.05) is 0 Å². The summed E-state index contributed by atoms with van der Waals surface area (Å²) < 4.78 is 17.6. The fourth-order valence-electron chi connectivity index (χ4n) is 4.22. The average molecular weight is 539 g/mol. The minimum atomic E-state index is -1.72. The van der Waals surface area contributed by atoms with Crippen LogP contribution in [0, 0.1) is 0 Å². The van der Waals surface area contributed by atoms with Crippen LogP contribution in [-0.4, -0.2) is 28.6 Å². The van der Waals surface area contributed by atoms with Crippen molar-refractivity contribution in [1.29, 1.82) is 0 Å². The molecule has 0 aromatic heterocycles. The number of carbonyl (C=O) groups is 2. The Kier molecular flexibility index (Phi) is 12.1. The lowest BCUT2D eigenvalue weighted by atomic mass is 10.2. The maximum absolute atomic E-state index is 12.1. The van der Waals surface area contributed by atoms with Crippen molar-refractivity contribution in [2.45, 2.75) is 77.8 Å². The number of carbonyl (C=O) groups excluding carboxylic acids is 2. The molecule has 2 aromatic carbocycles. The van der Waals surface area contributed by atoms with Crippen LogP contribution in [0.4, 0.5) is 0 Å². The number of benzene rings is 2. The fraction of sp³-hybridized carbons (Fsp3) is 0.400. The van der Waals surface area contributed by atoms with E-state index in [0.717, 1.165) is 58.9 Å². The molecule has 0 saturated carbocycles. The SMILES string of the molecule is CC[Si](CC)(CC)Oc1ccc(/C=C/C(=O)OC(=O)/C=C/c2ccc(O[Si](CC)(CC)CC)cc2)cc1. The van der Waals surface area contributed by atoms with Crippen molar-refractivity contribution >= 4 is 40.7 Å². The zero-order valence-corrected chi connectivity index (χ0v) is 25.2. The average Bonchev–Trinajstić information content (AvgIpc) is 2.94. The van der Waals surface area contributed by atoms with E-state index in [9.17, 15) is 9.59 Å². The van der Waals surface area contributed by atoms with E-state index in [-0.39, 0.29) is 0 Å². The number of hydrogen-bond acceptors (Lipinski definition) is 5. The van der Waals surface area contributed by atoms with E-state index >= 15 is 0 Å². The molecule has 0 fully saturated rings. The molecular weight excluding hydrogens is 496 g/mol. The Morgan fingerprint density at radius 3 is 1.14 bits per heavy atom. The topological polar surface area (TPSA) is 61.8 Å². The van der Waals surface area contributed by atoms with Crippen LogP contribution in [0.15, 0.2) is 60.7 Å². The van der Waals surface area contributed by atoms with Gasteiger partial charge >= 0.3 is 11.9 Å². The normalized spacial score (nSPS) is 12.2. The van der Waals surface area contributed by atoms with Crippen molar-refractivity contribution in [3.63, 3.8) is 0 Å². The van der Waals surface area contributed by atoms with E-state index in [1.165, 1.54) is 12.2 Å². The summed E-state index contributed by atoms with van der Waals surface area (Å²) in [5, 5.41) is 0. The highest BCUT2D eigenvalue weighted by Crippen LogP contribution is 2.27. The van der Waals surface area contributed by atoms with Gasteiger partial charge in [-0.15, -0.1) is 0 Å². The maximum Gasteiger partial charge on any atom is 0.338 e. The number of esters is 2. The molecule has 2 aromatic rings. The van der Waals surface area contributed by atoms with E-state index < -0.39 is 28.6 Å². The molecule has 0 amide bonds. The van der Waals surface area contributed by atoms with E-state index in [1.54, 1.807) is 12.2 Å². The van der Waals surface area contributed by atoms with Crippen LogP contribution in [0.5, 0.6) is 11.5 Å². The Morgan fingerprint density at radius 2 is 0.865 bits per heavy atom. The third kappa shape index (κ3) is 9.16. The standard InChI is InChI=1S/C30H42O5Si2/c1-7-36(8-2,9-3)34-27-19-13-25(14-20-27)17-23-29(31)33-30(32)24-18-26-15-21-28(22-16-26)35-37(10-4,11-5)12-6/h13-24H,7-12H2,1-6H3/b23-17+,24-18+. The molecule has 0 heterocycles. The van der Waals surface area contributed by atoms with Gasteiger partial charge in [0.1, 0.15) is 11.5 Å². The molecule has 0 aliphatic rings. The second-order valence-electron chi connectivity index (χ2n) is 9.24. The Morgan fingerprint density at radius 1 is 0.568 bits per heavy atom. The van der Waals surface area contributed by atoms with E-state index in [2.05, 4.69) is 41.5 Å². The highest BCUT2D eigenvalue weighted by Gasteiger charge is 2.31. The van der Waals surface area contributed by atoms with Gasteiger partial charge in [-0.1, -0.05) is 65.8 Å². The molecule has 0 spiro atoms. The van der Waals surface area contributed by atoms with Gasteiger partial charge in [0.25, 0.3) is 0 Å². The third-order valence-electron chi connectivity index (χ3n) is 7.32. The smallest absolute Gasteiger partial charge is 0.338 e. The number of rotatable bonds is 14. The predicted octanol–water partition coefficient (Wildman–Crippen LogP) is 8.25. The van der Waals surface area contributed by atoms with Crippen LogP contribution < -0.4 is 8.85 Å². The van der Waals surface area contributed by atoms with Gasteiger partial charge in [-0.05, 0) is 83.8 Å². The van der Waals surface area contributed by atoms with Crippen LogP contribution in [-0.2, 0) is 14.3 Å². The van der Waals surface area contributed by atoms with Gasteiger partial charge in [-0.25, -0.2) is 9.59 Å². The summed E-state index contributed by atoms with van der Waals surface area (Å²) in [5.74, 6) is 0.292. The molecule has 0 bridgehead atoms. The van der Waals surface area contributed by atoms with E-state index in [0.29, 0.717) is 0 Å². The third-order valence-corrected chi connectivity index (χ3v) is 16.4. The van der Waals surface area contributed by atoms with Gasteiger partial charge in [-0.2, -0.15) is 0 Å². The lowest BCUT2D eigenvalue weighted by molar-refractivity contribution is -0.152. The molecule has 5 nitrogen and oxygen atoms in total. The van der Waals surface area contributed by atoms with Gasteiger partial charge in [-0.3, -0.25) is 0 Å². The molecular formula is C30H42O5Si2. The summed E-state index contributed by atoms with van der Waals surface area (Å²) >= 11 is 0. The Labute approximate surface area is 224 Å². The molecule has 2 rings (SSSR count). The van der Waals surface area contributed by atoms with Crippen molar-refractivity contribution in [2.24, 2.45) is 0 Å². The first-order chi connectivity index (χ1) is 17.8. The molecule has 0 aliphatic carbocycles. The fourth-order valence-corrected chi connectivity index (χ4v) is 9.36. The highest BCUT2D eigenvalue weighted by molar-refractivity contribution is 6.74. The summed E-state index contributed by atoms with van der Waals surface area (Å²) in [5.41, 5.74) is 1.65. The van der Waals surface area contributed by atoms with Gasteiger partial charge in [0, 0.05) is 12.2 Å². The minimum absolute atomic E-state index is 0.715. The molecule has 0 N–H and O–H groups in total. The van der Waals surface area contributed by atoms with Crippen LogP contribution >= 0.6 is 0 Å². The van der Waals surface area contributed by atoms with E-state index in [4.69, 9.17) is 13.6 Å². The Bertz CT molecular complexity index is 948. The Balaban J connectivity index is 1.89. The predicted molar refractivity (Wildman–Crippen MR) is 158 cm³/mol. The molecule has 0 radical (unpaired) electrons. The second kappa shape index (κ2) is 14.7. The first-order valence-electron chi connectivity index (χ1n) is 13.5. The van der Waals surface area contributed by atoms with Crippen molar-refractivity contribution in [3.05, 3.63) is 71.8 Å². The van der Waals surface area contributed by atoms with Crippen LogP contribution in [0.25, 0.3) is 12.2 Å². The highest BCUT2D eigenvalue weighted by atomic mass is 28.4. The molecule has 7 heteroatoms. The summed E-state index contributed by atoms with van der Waals surface area (Å²) in [6.07, 6.45) is 5.75. The van der Waals surface area contributed by atoms with Crippen LogP contribution in [0.1, 0.15) is 52.7 Å². The summed E-state index contributed by atoms with van der Waals surface area (Å²) in [4.78, 5) is 24.2. The zero-order valence-electron chi connectivity index (χ0n) is 23.2. The lowest BCUT2D eigenvalue weighted by Gasteiger charge is -2.28. The molecule has 0 unspecified atom stereocenters. The largest absolute Gasteiger partial charge is 0.544 e. The summed E-state index contributed by atoms with van der Waals surface area (Å²) in [7, 11) is -3.44. The first-order valence-corrected chi connectivity index (χ1v) is 18.5. The molecule has 0 atom stereocenters. The lowest BCUT2D eigenvalue weighted by Crippen LogP contribution is -2.39. The van der Waals surface area contributed by atoms with Crippen molar-refractivity contribution in [3.8, 4) is 11.5 Å². The van der Waals surface area contributed by atoms with Gasteiger partial charge in [0.15, 0.2) is 0 Å². The van der Waals surface area contributed by atoms with Gasteiger partial charge in [0.2, 0.25) is 16.6 Å². The first kappa shape index (κ1) is 30.3. The molecule has 200 valence electrons. The maximum atomic E-state index is 12.1. The van der Waals surface area contributed by atoms with Crippen molar-refractivity contribution in [1.82, 2.24) is 0 Å². The second-order valence-corrected chi connectivity index (χ2v) is 18.6. The Hall–Kier alpha value is -2.91. The number of hydrogen-bond donors (Lipinski definition) is 0. The van der Waals surface area contributed by atoms with E-state index in [1.807, 2.05) is 48.5 Å². The summed E-state index contributed by atoms with van der Waals surface area (Å²) in [6, 6.07) is 21.7. The summed E-state index contributed by atoms with van der Waals surface area (Å²) in [6.45, 7) is 13.2. The molecule has 37 heavy (non-hydrogen) atoms. The van der Waals surface area contributed by atoms with Crippen LogP contribution in [0.3, 0.4) is 0 Å². The molecule has 0 aliphatic heterocycles. The van der Waals surface area contributed by atoms with Crippen molar-refractivity contribution < 1.29 is 23.2 Å². The van der Waals surface area contributed by atoms with Gasteiger partial charge in [0.05, 0.1) is 0 Å². The monoisotopic (exact) mass is 538 g/mol. The molecule has 0 saturated heterocycles. The quantitative estimate of drug-likeness (QED) is 0.105. The number of ether oxygens (including phenoxy) is 1.